The predicted octanol–water partition coefficient (Wildman–Crippen LogP) is 3.48. The van der Waals surface area contributed by atoms with Gasteiger partial charge in [0.1, 0.15) is 11.6 Å². The van der Waals surface area contributed by atoms with Crippen molar-refractivity contribution in [3.05, 3.63) is 66.0 Å². The van der Waals surface area contributed by atoms with Gasteiger partial charge in [-0.1, -0.05) is 0 Å². The third-order valence-electron chi connectivity index (χ3n) is 3.72. The van der Waals surface area contributed by atoms with E-state index in [2.05, 4.69) is 20.6 Å². The number of amides is 1. The molecule has 0 spiro atoms. The van der Waals surface area contributed by atoms with Crippen LogP contribution >= 0.6 is 0 Å². The minimum Gasteiger partial charge on any atom is -0.454 e. The number of carbonyl (C=O) groups excluding carboxylic acids is 1. The van der Waals surface area contributed by atoms with Gasteiger partial charge in [0, 0.05) is 30.2 Å². The van der Waals surface area contributed by atoms with Crippen LogP contribution in [0.15, 0.2) is 48.8 Å². The summed E-state index contributed by atoms with van der Waals surface area (Å²) < 4.78 is 37.0. The lowest BCUT2D eigenvalue weighted by Gasteiger charge is -2.08. The first kappa shape index (κ1) is 16.7. The maximum absolute atomic E-state index is 13.6. The second-order valence-corrected chi connectivity index (χ2v) is 5.57. The summed E-state index contributed by atoms with van der Waals surface area (Å²) >= 11 is 0. The van der Waals surface area contributed by atoms with Crippen LogP contribution in [0.5, 0.6) is 11.5 Å². The van der Waals surface area contributed by atoms with E-state index >= 15 is 0 Å². The molecule has 136 valence electrons. The molecule has 0 fully saturated rings. The van der Waals surface area contributed by atoms with E-state index in [0.717, 1.165) is 12.1 Å². The summed E-state index contributed by atoms with van der Waals surface area (Å²) in [6.45, 7) is 0.174. The molecule has 0 saturated carbocycles. The van der Waals surface area contributed by atoms with Crippen molar-refractivity contribution in [2.24, 2.45) is 0 Å². The van der Waals surface area contributed by atoms with Gasteiger partial charge >= 0.3 is 0 Å². The third-order valence-corrected chi connectivity index (χ3v) is 3.72. The molecule has 4 rings (SSSR count). The van der Waals surface area contributed by atoms with Gasteiger partial charge in [-0.25, -0.2) is 18.7 Å². The number of aromatic nitrogens is 2. The van der Waals surface area contributed by atoms with Crippen LogP contribution in [0.4, 0.5) is 26.1 Å². The highest BCUT2D eigenvalue weighted by Gasteiger charge is 2.14. The molecule has 0 bridgehead atoms. The van der Waals surface area contributed by atoms with Crippen molar-refractivity contribution in [1.82, 2.24) is 9.97 Å². The second kappa shape index (κ2) is 6.87. The lowest BCUT2D eigenvalue weighted by Crippen LogP contribution is -2.14. The number of anilines is 3. The van der Waals surface area contributed by atoms with Crippen molar-refractivity contribution in [1.29, 1.82) is 0 Å². The largest absolute Gasteiger partial charge is 0.454 e. The molecule has 1 amide bonds. The molecule has 27 heavy (non-hydrogen) atoms. The fraction of sp³-hybridized carbons (Fsp3) is 0.0556. The Morgan fingerprint density at radius 3 is 2.56 bits per heavy atom. The maximum atomic E-state index is 13.6. The Balaban J connectivity index is 1.44. The number of carbonyl (C=O) groups is 1. The summed E-state index contributed by atoms with van der Waals surface area (Å²) in [6, 6.07) is 8.14. The molecule has 1 aliphatic heterocycles. The molecule has 2 heterocycles. The summed E-state index contributed by atoms with van der Waals surface area (Å²) in [4.78, 5) is 20.3. The number of fused-ring (bicyclic) bond motifs is 1. The highest BCUT2D eigenvalue weighted by Crippen LogP contribution is 2.34. The Morgan fingerprint density at radius 1 is 1.00 bits per heavy atom. The zero-order valence-electron chi connectivity index (χ0n) is 13.7. The van der Waals surface area contributed by atoms with Gasteiger partial charge in [0.15, 0.2) is 11.5 Å². The van der Waals surface area contributed by atoms with E-state index in [1.54, 1.807) is 18.2 Å². The first-order valence-electron chi connectivity index (χ1n) is 7.83. The van der Waals surface area contributed by atoms with Crippen LogP contribution in [0.1, 0.15) is 10.4 Å². The summed E-state index contributed by atoms with van der Waals surface area (Å²) in [7, 11) is 0. The molecule has 2 aromatic carbocycles. The minimum absolute atomic E-state index is 0.120. The topological polar surface area (TPSA) is 85.4 Å². The Morgan fingerprint density at radius 2 is 1.78 bits per heavy atom. The fourth-order valence-corrected chi connectivity index (χ4v) is 2.40. The van der Waals surface area contributed by atoms with Gasteiger partial charge < -0.3 is 20.1 Å². The summed E-state index contributed by atoms with van der Waals surface area (Å²) in [5.74, 6) is -0.689. The molecule has 9 heteroatoms. The van der Waals surface area contributed by atoms with Crippen LogP contribution in [-0.4, -0.2) is 22.7 Å². The Hall–Kier alpha value is -3.75. The molecule has 0 atom stereocenters. The van der Waals surface area contributed by atoms with E-state index < -0.39 is 17.5 Å². The van der Waals surface area contributed by atoms with Crippen molar-refractivity contribution in [3.8, 4) is 11.5 Å². The highest BCUT2D eigenvalue weighted by atomic mass is 19.1. The van der Waals surface area contributed by atoms with Crippen molar-refractivity contribution in [2.75, 3.05) is 17.4 Å². The molecule has 2 N–H and O–H groups in total. The first-order valence-corrected chi connectivity index (χ1v) is 7.83. The van der Waals surface area contributed by atoms with E-state index in [4.69, 9.17) is 9.47 Å². The summed E-state index contributed by atoms with van der Waals surface area (Å²) in [6.07, 6.45) is 2.58. The zero-order valence-corrected chi connectivity index (χ0v) is 13.7. The van der Waals surface area contributed by atoms with E-state index in [9.17, 15) is 13.6 Å². The van der Waals surface area contributed by atoms with E-state index in [1.807, 2.05) is 0 Å². The van der Waals surface area contributed by atoms with Gasteiger partial charge in [0.2, 0.25) is 12.7 Å². The molecule has 1 aliphatic rings. The molecule has 3 aromatic rings. The normalized spacial score (nSPS) is 11.9. The molecule has 0 radical (unpaired) electrons. The van der Waals surface area contributed by atoms with Crippen molar-refractivity contribution in [3.63, 3.8) is 0 Å². The second-order valence-electron chi connectivity index (χ2n) is 5.57. The van der Waals surface area contributed by atoms with Gasteiger partial charge in [-0.15, -0.1) is 0 Å². The molecule has 0 aliphatic carbocycles. The van der Waals surface area contributed by atoms with Gasteiger partial charge in [0.05, 0.1) is 11.3 Å². The molecule has 0 saturated heterocycles. The number of nitrogens with one attached hydrogen (secondary N) is 2. The van der Waals surface area contributed by atoms with E-state index in [-0.39, 0.29) is 24.0 Å². The van der Waals surface area contributed by atoms with Gasteiger partial charge in [-0.2, -0.15) is 0 Å². The van der Waals surface area contributed by atoms with Crippen LogP contribution in [0.2, 0.25) is 0 Å². The van der Waals surface area contributed by atoms with Crippen LogP contribution < -0.4 is 20.1 Å². The Labute approximate surface area is 152 Å². The molecule has 7 nitrogen and oxygen atoms in total. The van der Waals surface area contributed by atoms with Gasteiger partial charge in [-0.3, -0.25) is 4.79 Å². The molecule has 0 unspecified atom stereocenters. The van der Waals surface area contributed by atoms with Crippen LogP contribution in [-0.2, 0) is 0 Å². The molecule has 1 aromatic heterocycles. The van der Waals surface area contributed by atoms with Crippen molar-refractivity contribution < 1.29 is 23.0 Å². The summed E-state index contributed by atoms with van der Waals surface area (Å²) in [5, 5.41) is 5.31. The highest BCUT2D eigenvalue weighted by molar-refractivity contribution is 6.03. The van der Waals surface area contributed by atoms with Crippen LogP contribution in [0.3, 0.4) is 0 Å². The minimum atomic E-state index is -0.870. The first-order chi connectivity index (χ1) is 13.1. The number of nitrogens with zero attached hydrogens (tertiary/aromatic N) is 2. The fourth-order valence-electron chi connectivity index (χ4n) is 2.40. The molecular formula is C18H12F2N4O3. The third kappa shape index (κ3) is 3.61. The number of rotatable bonds is 4. The number of hydrogen-bond acceptors (Lipinski definition) is 6. The SMILES string of the molecule is O=C(Nc1ccc(F)cc1F)c1cnc(Nc2ccc3c(c2)OCO3)nc1. The standard InChI is InChI=1S/C18H12F2N4O3/c19-11-1-3-14(13(20)5-11)24-17(25)10-7-21-18(22-8-10)23-12-2-4-15-16(6-12)27-9-26-15/h1-8H,9H2,(H,24,25)(H,21,22,23). The van der Waals surface area contributed by atoms with Crippen LogP contribution in [0.25, 0.3) is 0 Å². The van der Waals surface area contributed by atoms with Crippen molar-refractivity contribution >= 4 is 23.2 Å². The number of ether oxygens (including phenoxy) is 2. The average molecular weight is 370 g/mol. The van der Waals surface area contributed by atoms with Gasteiger partial charge in [-0.05, 0) is 24.3 Å². The van der Waals surface area contributed by atoms with Crippen LogP contribution in [0, 0.1) is 11.6 Å². The Bertz CT molecular complexity index is 1010. The lowest BCUT2D eigenvalue weighted by atomic mass is 10.2. The maximum Gasteiger partial charge on any atom is 0.258 e. The number of hydrogen-bond donors (Lipinski definition) is 2. The van der Waals surface area contributed by atoms with E-state index in [1.165, 1.54) is 12.4 Å². The monoisotopic (exact) mass is 370 g/mol. The zero-order chi connectivity index (χ0) is 18.8. The van der Waals surface area contributed by atoms with Crippen molar-refractivity contribution in [2.45, 2.75) is 0 Å². The van der Waals surface area contributed by atoms with E-state index in [0.29, 0.717) is 23.3 Å². The number of halogens is 2. The quantitative estimate of drug-likeness (QED) is 0.731. The molecular weight excluding hydrogens is 358 g/mol. The predicted molar refractivity (Wildman–Crippen MR) is 92.2 cm³/mol. The van der Waals surface area contributed by atoms with Gasteiger partial charge in [0.25, 0.3) is 5.91 Å². The average Bonchev–Trinajstić information content (AvgIpc) is 3.12. The summed E-state index contributed by atoms with van der Waals surface area (Å²) in [5.41, 5.74) is 0.670. The number of benzene rings is 2. The Kier molecular flexibility index (Phi) is 4.25. The lowest BCUT2D eigenvalue weighted by molar-refractivity contribution is 0.102. The smallest absolute Gasteiger partial charge is 0.258 e.